The van der Waals surface area contributed by atoms with Crippen LogP contribution in [0.15, 0.2) is 54.7 Å². The molecule has 3 heterocycles. The number of aliphatic hydroxyl groups is 2. The van der Waals surface area contributed by atoms with Crippen molar-refractivity contribution in [3.8, 4) is 23.1 Å². The van der Waals surface area contributed by atoms with Crippen molar-refractivity contribution in [1.82, 2.24) is 24.7 Å². The molecule has 11 nitrogen and oxygen atoms in total. The van der Waals surface area contributed by atoms with Gasteiger partial charge < -0.3 is 25.2 Å². The zero-order valence-corrected chi connectivity index (χ0v) is 22.9. The molecule has 5 rings (SSSR count). The Morgan fingerprint density at radius 2 is 1.83 bits per heavy atom. The topological polar surface area (TPSA) is 138 Å². The van der Waals surface area contributed by atoms with E-state index in [1.165, 1.54) is 5.56 Å². The predicted molar refractivity (Wildman–Crippen MR) is 153 cm³/mol. The molecule has 0 spiro atoms. The zero-order chi connectivity index (χ0) is 28.6. The molecule has 0 bridgehead atoms. The molecule has 0 saturated carbocycles. The Bertz CT molecular complexity index is 1370. The third kappa shape index (κ3) is 7.36. The van der Waals surface area contributed by atoms with E-state index < -0.39 is 6.61 Å². The van der Waals surface area contributed by atoms with Gasteiger partial charge in [0.25, 0.3) is 0 Å². The number of piperazine rings is 1. The maximum Gasteiger partial charge on any atom is 0.248 e. The van der Waals surface area contributed by atoms with Gasteiger partial charge in [0.05, 0.1) is 24.4 Å². The Kier molecular flexibility index (Phi) is 9.38. The lowest BCUT2D eigenvalue weighted by Gasteiger charge is -2.34. The van der Waals surface area contributed by atoms with Crippen LogP contribution < -0.4 is 10.1 Å². The largest absolute Gasteiger partial charge is 0.487 e. The molecule has 2 saturated heterocycles. The molecule has 0 aliphatic carbocycles. The summed E-state index contributed by atoms with van der Waals surface area (Å²) in [5.41, 5.74) is 3.93. The lowest BCUT2D eigenvalue weighted by atomic mass is 10.1. The van der Waals surface area contributed by atoms with E-state index in [-0.39, 0.29) is 18.6 Å². The molecule has 3 N–H and O–H groups in total. The highest BCUT2D eigenvalue weighted by Crippen LogP contribution is 2.28. The summed E-state index contributed by atoms with van der Waals surface area (Å²) < 4.78 is 6.03. The lowest BCUT2D eigenvalue weighted by Crippen LogP contribution is -2.46. The van der Waals surface area contributed by atoms with E-state index in [0.717, 1.165) is 50.5 Å². The van der Waals surface area contributed by atoms with Crippen LogP contribution in [0, 0.1) is 11.3 Å². The van der Waals surface area contributed by atoms with Gasteiger partial charge in [-0.2, -0.15) is 5.26 Å². The number of likely N-dealkylation sites (tertiary alicyclic amines) is 1. The van der Waals surface area contributed by atoms with Crippen LogP contribution in [0.1, 0.15) is 17.5 Å². The average Bonchev–Trinajstić information content (AvgIpc) is 3.48. The summed E-state index contributed by atoms with van der Waals surface area (Å²) in [6.07, 6.45) is 2.09. The number of carbonyl (C=O) groups excluding carboxylic acids is 1. The molecule has 11 heteroatoms. The molecule has 2 aliphatic rings. The normalized spacial score (nSPS) is 17.8. The molecule has 0 radical (unpaired) electrons. The minimum atomic E-state index is -0.517. The second-order valence-corrected chi connectivity index (χ2v) is 10.3. The summed E-state index contributed by atoms with van der Waals surface area (Å²) in [7, 11) is 0. The van der Waals surface area contributed by atoms with Crippen molar-refractivity contribution in [2.75, 3.05) is 64.3 Å². The number of carbonyl (C=O) groups is 1. The van der Waals surface area contributed by atoms with Crippen molar-refractivity contribution >= 4 is 17.5 Å². The molecule has 214 valence electrons. The van der Waals surface area contributed by atoms with Gasteiger partial charge in [-0.05, 0) is 42.0 Å². The molecule has 2 aromatic carbocycles. The van der Waals surface area contributed by atoms with Crippen LogP contribution in [0.25, 0.3) is 11.3 Å². The van der Waals surface area contributed by atoms with Gasteiger partial charge in [0, 0.05) is 69.7 Å². The highest BCUT2D eigenvalue weighted by atomic mass is 16.5. The van der Waals surface area contributed by atoms with Gasteiger partial charge in [0.1, 0.15) is 24.5 Å². The number of benzene rings is 2. The first-order valence-corrected chi connectivity index (χ1v) is 13.9. The smallest absolute Gasteiger partial charge is 0.248 e. The summed E-state index contributed by atoms with van der Waals surface area (Å²) in [5, 5.41) is 31.2. The molecular formula is C30H35N7O4. The molecule has 1 amide bonds. The number of hydrogen-bond acceptors (Lipinski definition) is 10. The van der Waals surface area contributed by atoms with Crippen LogP contribution in [0.5, 0.6) is 5.75 Å². The molecule has 2 fully saturated rings. The number of ether oxygens (including phenoxy) is 1. The number of nitrogens with one attached hydrogen (secondary N) is 1. The van der Waals surface area contributed by atoms with Crippen LogP contribution in [0.3, 0.4) is 0 Å². The van der Waals surface area contributed by atoms with Gasteiger partial charge in [0.15, 0.2) is 0 Å². The third-order valence-electron chi connectivity index (χ3n) is 7.48. The van der Waals surface area contributed by atoms with Crippen molar-refractivity contribution in [2.24, 2.45) is 0 Å². The number of rotatable bonds is 10. The first-order valence-electron chi connectivity index (χ1n) is 13.9. The minimum Gasteiger partial charge on any atom is -0.487 e. The summed E-state index contributed by atoms with van der Waals surface area (Å²) in [6.45, 7) is 6.17. The molecule has 0 unspecified atom stereocenters. The number of aromatic nitrogens is 2. The Balaban J connectivity index is 1.19. The number of nitriles is 1. The van der Waals surface area contributed by atoms with Crippen molar-refractivity contribution in [3.05, 3.63) is 65.9 Å². The second-order valence-electron chi connectivity index (χ2n) is 10.3. The first kappa shape index (κ1) is 28.4. The van der Waals surface area contributed by atoms with Gasteiger partial charge in [-0.1, -0.05) is 12.1 Å². The molecule has 1 aromatic heterocycles. The molecule has 41 heavy (non-hydrogen) atoms. The number of hydrogen-bond donors (Lipinski definition) is 3. The van der Waals surface area contributed by atoms with Gasteiger partial charge in [-0.15, -0.1) is 0 Å². The van der Waals surface area contributed by atoms with Crippen LogP contribution in [0.4, 0.5) is 11.6 Å². The van der Waals surface area contributed by atoms with Crippen LogP contribution in [-0.2, 0) is 11.3 Å². The van der Waals surface area contributed by atoms with Gasteiger partial charge in [-0.3, -0.25) is 14.6 Å². The monoisotopic (exact) mass is 557 g/mol. The summed E-state index contributed by atoms with van der Waals surface area (Å²) in [4.78, 5) is 27.0. The fourth-order valence-electron chi connectivity index (χ4n) is 5.18. The van der Waals surface area contributed by atoms with Gasteiger partial charge >= 0.3 is 0 Å². The van der Waals surface area contributed by atoms with Gasteiger partial charge in [0.2, 0.25) is 11.9 Å². The summed E-state index contributed by atoms with van der Waals surface area (Å²) >= 11 is 0. The molecular weight excluding hydrogens is 522 g/mol. The van der Waals surface area contributed by atoms with Crippen molar-refractivity contribution < 1.29 is 19.7 Å². The molecule has 2 aliphatic heterocycles. The fraction of sp³-hybridized carbons (Fsp3) is 0.400. The summed E-state index contributed by atoms with van der Waals surface area (Å²) in [5.74, 6) is 0.591. The van der Waals surface area contributed by atoms with Crippen molar-refractivity contribution in [1.29, 1.82) is 5.26 Å². The van der Waals surface area contributed by atoms with E-state index in [2.05, 4.69) is 43.3 Å². The number of amides is 1. The fourth-order valence-corrected chi connectivity index (χ4v) is 5.18. The Morgan fingerprint density at radius 3 is 2.56 bits per heavy atom. The number of β-amino-alcohol motifs (C(OH)–C–C–N with tert-alkyl or cyclic N) is 1. The quantitative estimate of drug-likeness (QED) is 0.339. The molecule has 3 aromatic rings. The lowest BCUT2D eigenvalue weighted by molar-refractivity contribution is -0.133. The second kappa shape index (κ2) is 13.5. The van der Waals surface area contributed by atoms with Gasteiger partial charge in [-0.25, -0.2) is 9.97 Å². The maximum absolute atomic E-state index is 11.7. The van der Waals surface area contributed by atoms with Crippen molar-refractivity contribution in [2.45, 2.75) is 19.1 Å². The number of anilines is 2. The highest BCUT2D eigenvalue weighted by Gasteiger charge is 2.27. The van der Waals surface area contributed by atoms with E-state index >= 15 is 0 Å². The van der Waals surface area contributed by atoms with Crippen LogP contribution in [-0.4, -0.2) is 106 Å². The van der Waals surface area contributed by atoms with Crippen molar-refractivity contribution in [3.63, 3.8) is 0 Å². The van der Waals surface area contributed by atoms with E-state index in [1.54, 1.807) is 29.3 Å². The maximum atomic E-state index is 11.7. The number of aliphatic hydroxyl groups excluding tert-OH is 2. The summed E-state index contributed by atoms with van der Waals surface area (Å²) in [6, 6.07) is 17.6. The standard InChI is InChI=1S/C30H35N7O4/c31-18-24-17-23(3-6-28(24)41-26-8-10-37(20-26)29(40)21-39)27-7-9-32-30(34-27)33-25-4-1-22(2-5-25)19-36-13-11-35(12-14-36)15-16-38/h1-7,9,17,26,38-39H,8,10-16,19-21H2,(H,32,33,34)/t26-/m1/s1. The SMILES string of the molecule is N#Cc1cc(-c2ccnc(Nc3ccc(CN4CCN(CCO)CC4)cc3)n2)ccc1O[C@@H]1CCN(C(=O)CO)C1. The zero-order valence-electron chi connectivity index (χ0n) is 22.9. The number of nitrogens with zero attached hydrogens (tertiary/aromatic N) is 6. The predicted octanol–water partition coefficient (Wildman–Crippen LogP) is 1.84. The molecule has 1 atom stereocenters. The Morgan fingerprint density at radius 1 is 1.05 bits per heavy atom. The third-order valence-corrected chi connectivity index (χ3v) is 7.48. The van der Waals surface area contributed by atoms with Crippen LogP contribution in [0.2, 0.25) is 0 Å². The first-order chi connectivity index (χ1) is 20.0. The van der Waals surface area contributed by atoms with E-state index in [9.17, 15) is 10.1 Å². The minimum absolute atomic E-state index is 0.209. The Labute approximate surface area is 239 Å². The van der Waals surface area contributed by atoms with E-state index in [0.29, 0.717) is 42.5 Å². The Hall–Kier alpha value is -4.08. The average molecular weight is 558 g/mol. The van der Waals surface area contributed by atoms with E-state index in [4.69, 9.17) is 14.9 Å². The van der Waals surface area contributed by atoms with E-state index in [1.807, 2.05) is 18.2 Å². The highest BCUT2D eigenvalue weighted by molar-refractivity contribution is 5.77. The van der Waals surface area contributed by atoms with Crippen LogP contribution >= 0.6 is 0 Å².